The van der Waals surface area contributed by atoms with Gasteiger partial charge in [-0.15, -0.1) is 0 Å². The summed E-state index contributed by atoms with van der Waals surface area (Å²) in [6.07, 6.45) is 0.737. The smallest absolute Gasteiger partial charge is 0.336 e. The Morgan fingerprint density at radius 2 is 1.84 bits per heavy atom. The largest absolute Gasteiger partial charge is 0.478 e. The third kappa shape index (κ3) is 5.32. The lowest BCUT2D eigenvalue weighted by molar-refractivity contribution is 0.0691. The van der Waals surface area contributed by atoms with Gasteiger partial charge in [0.25, 0.3) is 5.91 Å². The molecule has 5 nitrogen and oxygen atoms in total. The standard InChI is InChI=1S/C13H17NO4S/c15-7-3-8-19-9-6-14-12(16)10-4-1-2-5-11(10)13(17)18/h1-2,4-5,15H,3,6-9H2,(H,14,16)(H,17,18). The summed E-state index contributed by atoms with van der Waals surface area (Å²) in [6, 6.07) is 6.13. The molecule has 0 atom stereocenters. The van der Waals surface area contributed by atoms with Crippen molar-refractivity contribution in [2.24, 2.45) is 0 Å². The van der Waals surface area contributed by atoms with Crippen LogP contribution in [0.4, 0.5) is 0 Å². The number of hydrogen-bond donors (Lipinski definition) is 3. The fourth-order valence-electron chi connectivity index (χ4n) is 1.47. The van der Waals surface area contributed by atoms with Gasteiger partial charge in [-0.3, -0.25) is 4.79 Å². The van der Waals surface area contributed by atoms with Crippen LogP contribution in [0.5, 0.6) is 0 Å². The van der Waals surface area contributed by atoms with Gasteiger partial charge in [0, 0.05) is 18.9 Å². The number of aromatic carboxylic acids is 1. The highest BCUT2D eigenvalue weighted by Crippen LogP contribution is 2.08. The molecule has 19 heavy (non-hydrogen) atoms. The van der Waals surface area contributed by atoms with Crippen LogP contribution >= 0.6 is 11.8 Å². The summed E-state index contributed by atoms with van der Waals surface area (Å²) in [4.78, 5) is 22.8. The van der Waals surface area contributed by atoms with Crippen LogP contribution in [-0.4, -0.2) is 46.7 Å². The maximum absolute atomic E-state index is 11.8. The van der Waals surface area contributed by atoms with Crippen LogP contribution in [0.15, 0.2) is 24.3 Å². The lowest BCUT2D eigenvalue weighted by atomic mass is 10.1. The number of carboxylic acids is 1. The molecule has 6 heteroatoms. The van der Waals surface area contributed by atoms with Crippen LogP contribution in [0.2, 0.25) is 0 Å². The second kappa shape index (κ2) is 8.55. The molecular formula is C13H17NO4S. The van der Waals surface area contributed by atoms with Crippen molar-refractivity contribution in [2.45, 2.75) is 6.42 Å². The maximum atomic E-state index is 11.8. The Labute approximate surface area is 116 Å². The van der Waals surface area contributed by atoms with Crippen molar-refractivity contribution in [2.75, 3.05) is 24.7 Å². The van der Waals surface area contributed by atoms with Crippen LogP contribution < -0.4 is 5.32 Å². The SMILES string of the molecule is O=C(O)c1ccccc1C(=O)NCCSCCCO. The van der Waals surface area contributed by atoms with E-state index >= 15 is 0 Å². The number of carboxylic acid groups (broad SMARTS) is 1. The molecule has 3 N–H and O–H groups in total. The normalized spacial score (nSPS) is 10.2. The van der Waals surface area contributed by atoms with E-state index in [-0.39, 0.29) is 23.6 Å². The third-order valence-electron chi connectivity index (χ3n) is 2.38. The highest BCUT2D eigenvalue weighted by Gasteiger charge is 2.14. The molecule has 0 aliphatic rings. The molecule has 0 aliphatic heterocycles. The number of thioether (sulfide) groups is 1. The monoisotopic (exact) mass is 283 g/mol. The molecule has 1 aromatic carbocycles. The number of benzene rings is 1. The predicted octanol–water partition coefficient (Wildman–Crippen LogP) is 1.23. The number of amides is 1. The van der Waals surface area contributed by atoms with Crippen molar-refractivity contribution < 1.29 is 19.8 Å². The quantitative estimate of drug-likeness (QED) is 0.625. The molecule has 0 fully saturated rings. The van der Waals surface area contributed by atoms with E-state index < -0.39 is 5.97 Å². The van der Waals surface area contributed by atoms with Crippen LogP contribution in [-0.2, 0) is 0 Å². The topological polar surface area (TPSA) is 86.6 Å². The van der Waals surface area contributed by atoms with Crippen LogP contribution in [0.25, 0.3) is 0 Å². The minimum atomic E-state index is -1.11. The van der Waals surface area contributed by atoms with E-state index in [1.165, 1.54) is 12.1 Å². The van der Waals surface area contributed by atoms with E-state index in [9.17, 15) is 9.59 Å². The van der Waals surface area contributed by atoms with Crippen LogP contribution in [0.3, 0.4) is 0 Å². The van der Waals surface area contributed by atoms with E-state index in [2.05, 4.69) is 5.32 Å². The van der Waals surface area contributed by atoms with Gasteiger partial charge in [-0.05, 0) is 24.3 Å². The Hall–Kier alpha value is -1.53. The van der Waals surface area contributed by atoms with Crippen LogP contribution in [0.1, 0.15) is 27.1 Å². The Kier molecular flexibility index (Phi) is 6.99. The molecule has 0 saturated heterocycles. The first kappa shape index (κ1) is 15.5. The zero-order valence-electron chi connectivity index (χ0n) is 10.5. The zero-order chi connectivity index (χ0) is 14.1. The Balaban J connectivity index is 2.43. The zero-order valence-corrected chi connectivity index (χ0v) is 11.3. The number of carbonyl (C=O) groups is 2. The fraction of sp³-hybridized carbons (Fsp3) is 0.385. The molecule has 0 bridgehead atoms. The van der Waals surface area contributed by atoms with Crippen molar-refractivity contribution in [3.8, 4) is 0 Å². The van der Waals surface area contributed by atoms with Gasteiger partial charge in [0.15, 0.2) is 0 Å². The van der Waals surface area contributed by atoms with Crippen LogP contribution in [0, 0.1) is 0 Å². The fourth-order valence-corrected chi connectivity index (χ4v) is 2.25. The molecule has 0 aliphatic carbocycles. The summed E-state index contributed by atoms with van der Waals surface area (Å²) >= 11 is 1.63. The summed E-state index contributed by atoms with van der Waals surface area (Å²) in [7, 11) is 0. The van der Waals surface area contributed by atoms with Gasteiger partial charge in [-0.1, -0.05) is 12.1 Å². The van der Waals surface area contributed by atoms with Crippen molar-refractivity contribution in [1.29, 1.82) is 0 Å². The lowest BCUT2D eigenvalue weighted by Crippen LogP contribution is -2.27. The first-order valence-corrected chi connectivity index (χ1v) is 7.11. The van der Waals surface area contributed by atoms with E-state index in [1.54, 1.807) is 23.9 Å². The van der Waals surface area contributed by atoms with E-state index in [1.807, 2.05) is 0 Å². The van der Waals surface area contributed by atoms with Crippen molar-refractivity contribution in [3.63, 3.8) is 0 Å². The second-order valence-corrected chi connectivity index (χ2v) is 5.02. The Morgan fingerprint density at radius 1 is 1.16 bits per heavy atom. The molecule has 0 aromatic heterocycles. The summed E-state index contributed by atoms with van der Waals surface area (Å²) in [5, 5.41) is 20.3. The molecular weight excluding hydrogens is 266 g/mol. The Morgan fingerprint density at radius 3 is 2.47 bits per heavy atom. The minimum Gasteiger partial charge on any atom is -0.478 e. The molecule has 0 saturated carbocycles. The molecule has 0 heterocycles. The average molecular weight is 283 g/mol. The van der Waals surface area contributed by atoms with E-state index in [4.69, 9.17) is 10.2 Å². The number of aliphatic hydroxyl groups excluding tert-OH is 1. The summed E-state index contributed by atoms with van der Waals surface area (Å²) in [5.74, 6) is 0.0998. The van der Waals surface area contributed by atoms with Gasteiger partial charge in [-0.2, -0.15) is 11.8 Å². The second-order valence-electron chi connectivity index (χ2n) is 3.80. The predicted molar refractivity (Wildman–Crippen MR) is 74.8 cm³/mol. The van der Waals surface area contributed by atoms with Gasteiger partial charge >= 0.3 is 5.97 Å². The summed E-state index contributed by atoms with van der Waals surface area (Å²) < 4.78 is 0. The molecule has 0 spiro atoms. The number of carbonyl (C=O) groups excluding carboxylic acids is 1. The van der Waals surface area contributed by atoms with Gasteiger partial charge in [0.1, 0.15) is 0 Å². The first-order valence-electron chi connectivity index (χ1n) is 5.96. The number of hydrogen-bond acceptors (Lipinski definition) is 4. The first-order chi connectivity index (χ1) is 9.16. The molecule has 1 amide bonds. The molecule has 1 aromatic rings. The van der Waals surface area contributed by atoms with Crippen molar-refractivity contribution in [3.05, 3.63) is 35.4 Å². The van der Waals surface area contributed by atoms with Gasteiger partial charge in [-0.25, -0.2) is 4.79 Å². The number of nitrogens with one attached hydrogen (secondary N) is 1. The maximum Gasteiger partial charge on any atom is 0.336 e. The molecule has 0 radical (unpaired) electrons. The average Bonchev–Trinajstić information content (AvgIpc) is 2.42. The van der Waals surface area contributed by atoms with Gasteiger partial charge in [0.2, 0.25) is 0 Å². The highest BCUT2D eigenvalue weighted by atomic mass is 32.2. The van der Waals surface area contributed by atoms with Crippen molar-refractivity contribution in [1.82, 2.24) is 5.32 Å². The van der Waals surface area contributed by atoms with Gasteiger partial charge in [0.05, 0.1) is 11.1 Å². The summed E-state index contributed by atoms with van der Waals surface area (Å²) in [6.45, 7) is 0.647. The highest BCUT2D eigenvalue weighted by molar-refractivity contribution is 7.99. The van der Waals surface area contributed by atoms with Gasteiger partial charge < -0.3 is 15.5 Å². The summed E-state index contributed by atoms with van der Waals surface area (Å²) in [5.41, 5.74) is 0.184. The Bertz CT molecular complexity index is 436. The van der Waals surface area contributed by atoms with Crippen molar-refractivity contribution >= 4 is 23.6 Å². The van der Waals surface area contributed by atoms with E-state index in [0.29, 0.717) is 6.54 Å². The molecule has 0 unspecified atom stereocenters. The number of aliphatic hydroxyl groups is 1. The minimum absolute atomic E-state index is 0.00735. The van der Waals surface area contributed by atoms with E-state index in [0.717, 1.165) is 17.9 Å². The number of rotatable bonds is 8. The molecule has 104 valence electrons. The third-order valence-corrected chi connectivity index (χ3v) is 3.45. The molecule has 1 rings (SSSR count). The lowest BCUT2D eigenvalue weighted by Gasteiger charge is -2.07.